The number of hydrogen-bond donors (Lipinski definition) is 2. The predicted octanol–water partition coefficient (Wildman–Crippen LogP) is -0.300. The van der Waals surface area contributed by atoms with E-state index in [4.69, 9.17) is 10.5 Å². The summed E-state index contributed by atoms with van der Waals surface area (Å²) in [6, 6.07) is 0. The van der Waals surface area contributed by atoms with Crippen molar-refractivity contribution in [3.8, 4) is 0 Å². The molecule has 0 saturated carbocycles. The van der Waals surface area contributed by atoms with Crippen molar-refractivity contribution in [3.05, 3.63) is 11.8 Å². The first-order valence-corrected chi connectivity index (χ1v) is 8.73. The molecule has 6 heteroatoms. The highest BCUT2D eigenvalue weighted by Gasteiger charge is 2.29. The van der Waals surface area contributed by atoms with E-state index < -0.39 is 0 Å². The monoisotopic (exact) mass is 324 g/mol. The standard InChI is InChI=1S/C17H29N3O3/c1-23-12-11-20(15-5-3-2-4-6-15)16(21)13-19-9-7-14(8-10-19)17(18)22/h5,14H,2-4,6-13H2,1H3,(H2,18,22)/p+1. The number of likely N-dealkylation sites (tertiary alicyclic amines) is 1. The molecule has 2 amide bonds. The van der Waals surface area contributed by atoms with Crippen molar-refractivity contribution < 1.29 is 19.2 Å². The summed E-state index contributed by atoms with van der Waals surface area (Å²) in [6.45, 7) is 3.36. The zero-order chi connectivity index (χ0) is 16.7. The summed E-state index contributed by atoms with van der Waals surface area (Å²) in [5.41, 5.74) is 6.53. The molecule has 0 aromatic rings. The van der Waals surface area contributed by atoms with E-state index in [2.05, 4.69) is 6.08 Å². The Morgan fingerprint density at radius 1 is 1.35 bits per heavy atom. The molecular weight excluding hydrogens is 294 g/mol. The van der Waals surface area contributed by atoms with Crippen molar-refractivity contribution in [2.24, 2.45) is 11.7 Å². The highest BCUT2D eigenvalue weighted by atomic mass is 16.5. The molecule has 0 bridgehead atoms. The minimum atomic E-state index is -0.204. The number of piperidine rings is 1. The summed E-state index contributed by atoms with van der Waals surface area (Å²) in [4.78, 5) is 27.2. The van der Waals surface area contributed by atoms with Crippen molar-refractivity contribution in [1.82, 2.24) is 4.90 Å². The fourth-order valence-corrected chi connectivity index (χ4v) is 3.47. The average molecular weight is 324 g/mol. The van der Waals surface area contributed by atoms with Crippen molar-refractivity contribution >= 4 is 11.8 Å². The summed E-state index contributed by atoms with van der Waals surface area (Å²) in [5, 5.41) is 0. The van der Waals surface area contributed by atoms with Gasteiger partial charge in [0.1, 0.15) is 0 Å². The molecule has 130 valence electrons. The number of carbonyl (C=O) groups excluding carboxylic acids is 2. The van der Waals surface area contributed by atoms with Crippen LogP contribution in [0.3, 0.4) is 0 Å². The summed E-state index contributed by atoms with van der Waals surface area (Å²) in [6.07, 6.45) is 8.18. The molecule has 0 aromatic heterocycles. The van der Waals surface area contributed by atoms with Gasteiger partial charge in [-0.15, -0.1) is 0 Å². The summed E-state index contributed by atoms with van der Waals surface area (Å²) in [5.74, 6) is -0.0494. The minimum Gasteiger partial charge on any atom is -0.383 e. The van der Waals surface area contributed by atoms with E-state index in [1.54, 1.807) is 7.11 Å². The fraction of sp³-hybridized carbons (Fsp3) is 0.765. The van der Waals surface area contributed by atoms with Gasteiger partial charge in [-0.2, -0.15) is 0 Å². The topological polar surface area (TPSA) is 77.1 Å². The molecule has 2 rings (SSSR count). The Morgan fingerprint density at radius 2 is 2.09 bits per heavy atom. The van der Waals surface area contributed by atoms with E-state index in [9.17, 15) is 9.59 Å². The number of carbonyl (C=O) groups is 2. The second-order valence-electron chi connectivity index (χ2n) is 6.58. The molecule has 3 N–H and O–H groups in total. The molecule has 1 saturated heterocycles. The van der Waals surface area contributed by atoms with E-state index in [1.165, 1.54) is 11.3 Å². The van der Waals surface area contributed by atoms with Gasteiger partial charge in [0.2, 0.25) is 5.91 Å². The maximum Gasteiger partial charge on any atom is 0.281 e. The van der Waals surface area contributed by atoms with Crippen LogP contribution in [0.2, 0.25) is 0 Å². The highest BCUT2D eigenvalue weighted by Crippen LogP contribution is 2.20. The van der Waals surface area contributed by atoms with Crippen molar-refractivity contribution in [2.45, 2.75) is 38.5 Å². The van der Waals surface area contributed by atoms with Gasteiger partial charge >= 0.3 is 0 Å². The Bertz CT molecular complexity index is 442. The summed E-state index contributed by atoms with van der Waals surface area (Å²) < 4.78 is 5.16. The number of quaternary nitrogens is 1. The number of allylic oxidation sites excluding steroid dienone is 2. The third kappa shape index (κ3) is 5.32. The van der Waals surface area contributed by atoms with Gasteiger partial charge in [-0.3, -0.25) is 9.59 Å². The van der Waals surface area contributed by atoms with E-state index in [0.717, 1.165) is 50.9 Å². The molecule has 1 aliphatic carbocycles. The average Bonchev–Trinajstić information content (AvgIpc) is 2.56. The number of primary amides is 1. The van der Waals surface area contributed by atoms with Gasteiger partial charge in [-0.05, 0) is 25.7 Å². The Labute approximate surface area is 138 Å². The third-order valence-corrected chi connectivity index (χ3v) is 4.93. The number of nitrogens with zero attached hydrogens (tertiary/aromatic N) is 1. The zero-order valence-corrected chi connectivity index (χ0v) is 14.2. The van der Waals surface area contributed by atoms with Gasteiger partial charge in [-0.25, -0.2) is 0 Å². The Morgan fingerprint density at radius 3 is 2.65 bits per heavy atom. The van der Waals surface area contributed by atoms with Crippen LogP contribution in [0, 0.1) is 5.92 Å². The smallest absolute Gasteiger partial charge is 0.281 e. The lowest BCUT2D eigenvalue weighted by Crippen LogP contribution is -3.14. The van der Waals surface area contributed by atoms with E-state index in [0.29, 0.717) is 19.7 Å². The molecule has 0 radical (unpaired) electrons. The molecule has 0 spiro atoms. The Kier molecular flexibility index (Phi) is 7.05. The number of amides is 2. The third-order valence-electron chi connectivity index (χ3n) is 4.93. The number of hydrogen-bond acceptors (Lipinski definition) is 3. The summed E-state index contributed by atoms with van der Waals surface area (Å²) >= 11 is 0. The van der Waals surface area contributed by atoms with Crippen LogP contribution in [-0.2, 0) is 14.3 Å². The zero-order valence-electron chi connectivity index (χ0n) is 14.2. The van der Waals surface area contributed by atoms with Gasteiger partial charge in [0.15, 0.2) is 6.54 Å². The van der Waals surface area contributed by atoms with Crippen LogP contribution < -0.4 is 10.6 Å². The van der Waals surface area contributed by atoms with Crippen LogP contribution >= 0.6 is 0 Å². The largest absolute Gasteiger partial charge is 0.383 e. The molecule has 1 aliphatic heterocycles. The van der Waals surface area contributed by atoms with Gasteiger partial charge in [0, 0.05) is 38.1 Å². The molecule has 0 aromatic carbocycles. The Balaban J connectivity index is 1.90. The van der Waals surface area contributed by atoms with E-state index >= 15 is 0 Å². The Hall–Kier alpha value is -1.40. The van der Waals surface area contributed by atoms with Gasteiger partial charge in [0.25, 0.3) is 5.91 Å². The van der Waals surface area contributed by atoms with Gasteiger partial charge in [0.05, 0.1) is 19.7 Å². The SMILES string of the molecule is COCCN(C(=O)C[NH+]1CCC(C(N)=O)CC1)C1=CCCCC1. The van der Waals surface area contributed by atoms with Gasteiger partial charge in [-0.1, -0.05) is 6.08 Å². The molecular formula is C17H30N3O3+. The van der Waals surface area contributed by atoms with E-state index in [1.807, 2.05) is 4.90 Å². The maximum absolute atomic E-state index is 12.7. The van der Waals surface area contributed by atoms with Crippen LogP contribution in [0.5, 0.6) is 0 Å². The van der Waals surface area contributed by atoms with Crippen LogP contribution in [-0.4, -0.2) is 56.6 Å². The van der Waals surface area contributed by atoms with Crippen molar-refractivity contribution in [2.75, 3.05) is 39.9 Å². The van der Waals surface area contributed by atoms with Crippen LogP contribution in [0.1, 0.15) is 38.5 Å². The molecule has 0 unspecified atom stereocenters. The van der Waals surface area contributed by atoms with Crippen LogP contribution in [0.15, 0.2) is 11.8 Å². The first-order valence-electron chi connectivity index (χ1n) is 8.73. The second kappa shape index (κ2) is 9.03. The molecule has 2 aliphatic rings. The fourth-order valence-electron chi connectivity index (χ4n) is 3.47. The van der Waals surface area contributed by atoms with Crippen LogP contribution in [0.25, 0.3) is 0 Å². The molecule has 0 atom stereocenters. The van der Waals surface area contributed by atoms with Crippen molar-refractivity contribution in [1.29, 1.82) is 0 Å². The number of methoxy groups -OCH3 is 1. The molecule has 1 fully saturated rings. The van der Waals surface area contributed by atoms with Gasteiger partial charge < -0.3 is 20.3 Å². The first-order chi connectivity index (χ1) is 11.1. The van der Waals surface area contributed by atoms with Crippen molar-refractivity contribution in [3.63, 3.8) is 0 Å². The van der Waals surface area contributed by atoms with E-state index in [-0.39, 0.29) is 17.7 Å². The molecule has 6 nitrogen and oxygen atoms in total. The number of nitrogens with two attached hydrogens (primary N) is 1. The van der Waals surface area contributed by atoms with Crippen LogP contribution in [0.4, 0.5) is 0 Å². The lowest BCUT2D eigenvalue weighted by Gasteiger charge is -2.31. The number of ether oxygens (including phenoxy) is 1. The summed E-state index contributed by atoms with van der Waals surface area (Å²) in [7, 11) is 1.66. The first kappa shape index (κ1) is 17.9. The predicted molar refractivity (Wildman–Crippen MR) is 87.6 cm³/mol. The number of nitrogens with one attached hydrogen (secondary N) is 1. The molecule has 23 heavy (non-hydrogen) atoms. The lowest BCUT2D eigenvalue weighted by molar-refractivity contribution is -0.898. The normalized spacial score (nSPS) is 24.8. The lowest BCUT2D eigenvalue weighted by atomic mass is 9.96. The molecule has 1 heterocycles. The second-order valence-corrected chi connectivity index (χ2v) is 6.58. The quantitative estimate of drug-likeness (QED) is 0.675. The maximum atomic E-state index is 12.7. The minimum absolute atomic E-state index is 0.0144. The number of rotatable bonds is 7. The highest BCUT2D eigenvalue weighted by molar-refractivity contribution is 5.79.